The minimum Gasteiger partial charge on any atom is -0.493 e. The van der Waals surface area contributed by atoms with Crippen molar-refractivity contribution in [3.8, 4) is 11.5 Å². The van der Waals surface area contributed by atoms with Crippen LogP contribution in [0, 0.1) is 0 Å². The number of hydrogen-bond acceptors (Lipinski definition) is 5. The number of rotatable bonds is 5. The second kappa shape index (κ2) is 5.38. The summed E-state index contributed by atoms with van der Waals surface area (Å²) in [6, 6.07) is 5.69. The van der Waals surface area contributed by atoms with Gasteiger partial charge in [-0.25, -0.2) is 8.42 Å². The molecule has 0 radical (unpaired) electrons. The minimum atomic E-state index is -2.89. The molecule has 1 aromatic carbocycles. The first-order valence-electron chi connectivity index (χ1n) is 6.19. The molecule has 106 valence electrons. The van der Waals surface area contributed by atoms with E-state index in [0.717, 1.165) is 12.0 Å². The number of benzene rings is 1. The third kappa shape index (κ3) is 3.61. The minimum absolute atomic E-state index is 0.0605. The maximum Gasteiger partial charge on any atom is 0.161 e. The molecule has 0 aliphatic carbocycles. The molecule has 0 bridgehead atoms. The van der Waals surface area contributed by atoms with Crippen LogP contribution >= 0.6 is 0 Å². The highest BCUT2D eigenvalue weighted by Gasteiger charge is 2.35. The van der Waals surface area contributed by atoms with Crippen LogP contribution in [0.15, 0.2) is 18.2 Å². The predicted octanol–water partition coefficient (Wildman–Crippen LogP) is 0.761. The summed E-state index contributed by atoms with van der Waals surface area (Å²) in [5, 5.41) is 0. The van der Waals surface area contributed by atoms with Crippen LogP contribution in [0.4, 0.5) is 0 Å². The number of methoxy groups -OCH3 is 1. The number of nitrogens with two attached hydrogens (primary N) is 1. The van der Waals surface area contributed by atoms with E-state index in [9.17, 15) is 8.42 Å². The van der Waals surface area contributed by atoms with Crippen LogP contribution in [0.5, 0.6) is 11.5 Å². The molecule has 0 saturated carbocycles. The third-order valence-electron chi connectivity index (χ3n) is 2.96. The summed E-state index contributed by atoms with van der Waals surface area (Å²) in [7, 11) is -1.32. The number of sulfone groups is 1. The van der Waals surface area contributed by atoms with Crippen molar-refractivity contribution in [2.24, 2.45) is 5.73 Å². The van der Waals surface area contributed by atoms with E-state index in [-0.39, 0.29) is 23.7 Å². The predicted molar refractivity (Wildman–Crippen MR) is 73.4 cm³/mol. The van der Waals surface area contributed by atoms with Crippen LogP contribution in [0.3, 0.4) is 0 Å². The lowest BCUT2D eigenvalue weighted by Gasteiger charge is -2.27. The average molecular weight is 285 g/mol. The normalized spacial score (nSPS) is 19.5. The van der Waals surface area contributed by atoms with Crippen molar-refractivity contribution in [2.75, 3.05) is 18.6 Å². The molecule has 6 heteroatoms. The standard InChI is InChI=1S/C13H19NO4S/c1-9(14)5-10-3-4-12(17-2)13(6-10)18-11-7-19(15,16)8-11/h3-4,6,9,11H,5,7-8,14H2,1-2H3. The highest BCUT2D eigenvalue weighted by molar-refractivity contribution is 7.92. The van der Waals surface area contributed by atoms with Gasteiger partial charge in [0.05, 0.1) is 18.6 Å². The van der Waals surface area contributed by atoms with Gasteiger partial charge >= 0.3 is 0 Å². The van der Waals surface area contributed by atoms with Crippen LogP contribution in [0.25, 0.3) is 0 Å². The molecule has 19 heavy (non-hydrogen) atoms. The van der Waals surface area contributed by atoms with Gasteiger partial charge in [0.25, 0.3) is 0 Å². The zero-order valence-corrected chi connectivity index (χ0v) is 11.9. The van der Waals surface area contributed by atoms with Gasteiger partial charge in [-0.2, -0.15) is 0 Å². The topological polar surface area (TPSA) is 78.6 Å². The zero-order chi connectivity index (χ0) is 14.0. The van der Waals surface area contributed by atoms with Gasteiger partial charge in [0.1, 0.15) is 6.10 Å². The molecular formula is C13H19NO4S. The SMILES string of the molecule is COc1ccc(CC(C)N)cc1OC1CS(=O)(=O)C1. The monoisotopic (exact) mass is 285 g/mol. The molecule has 1 heterocycles. The fourth-order valence-electron chi connectivity index (χ4n) is 2.08. The summed E-state index contributed by atoms with van der Waals surface area (Å²) < 4.78 is 33.2. The highest BCUT2D eigenvalue weighted by atomic mass is 32.2. The Morgan fingerprint density at radius 2 is 2.05 bits per heavy atom. The van der Waals surface area contributed by atoms with Crippen LogP contribution in [0.1, 0.15) is 12.5 Å². The molecular weight excluding hydrogens is 266 g/mol. The fraction of sp³-hybridized carbons (Fsp3) is 0.538. The smallest absolute Gasteiger partial charge is 0.161 e. The zero-order valence-electron chi connectivity index (χ0n) is 11.1. The lowest BCUT2D eigenvalue weighted by molar-refractivity contribution is 0.219. The first kappa shape index (κ1) is 14.1. The Labute approximate surface area is 113 Å². The summed E-state index contributed by atoms with van der Waals surface area (Å²) in [5.74, 6) is 1.35. The average Bonchev–Trinajstić information content (AvgIpc) is 2.26. The quantitative estimate of drug-likeness (QED) is 0.864. The Hall–Kier alpha value is -1.27. The molecule has 0 aromatic heterocycles. The number of ether oxygens (including phenoxy) is 2. The van der Waals surface area contributed by atoms with Crippen molar-refractivity contribution in [1.29, 1.82) is 0 Å². The van der Waals surface area contributed by atoms with E-state index in [1.54, 1.807) is 7.11 Å². The van der Waals surface area contributed by atoms with Gasteiger partial charge in [-0.3, -0.25) is 0 Å². The molecule has 1 aliphatic heterocycles. The Morgan fingerprint density at radius 1 is 1.37 bits per heavy atom. The van der Waals surface area contributed by atoms with Crippen LogP contribution in [-0.2, 0) is 16.3 Å². The molecule has 2 rings (SSSR count). The van der Waals surface area contributed by atoms with E-state index in [4.69, 9.17) is 15.2 Å². The first-order valence-corrected chi connectivity index (χ1v) is 8.01. The Kier molecular flexibility index (Phi) is 4.01. The van der Waals surface area contributed by atoms with Crippen LogP contribution in [-0.4, -0.2) is 39.2 Å². The van der Waals surface area contributed by atoms with Gasteiger partial charge in [0.15, 0.2) is 21.3 Å². The van der Waals surface area contributed by atoms with Crippen molar-refractivity contribution >= 4 is 9.84 Å². The van der Waals surface area contributed by atoms with Crippen LogP contribution < -0.4 is 15.2 Å². The van der Waals surface area contributed by atoms with Crippen LogP contribution in [0.2, 0.25) is 0 Å². The molecule has 1 saturated heterocycles. The lowest BCUT2D eigenvalue weighted by atomic mass is 10.1. The maximum absolute atomic E-state index is 11.1. The van der Waals surface area contributed by atoms with Crippen molar-refractivity contribution in [3.05, 3.63) is 23.8 Å². The fourth-order valence-corrected chi connectivity index (χ4v) is 3.25. The van der Waals surface area contributed by atoms with Crippen molar-refractivity contribution in [2.45, 2.75) is 25.5 Å². The first-order chi connectivity index (χ1) is 8.89. The Bertz CT molecular complexity index is 542. The maximum atomic E-state index is 11.1. The summed E-state index contributed by atoms with van der Waals surface area (Å²) in [6.45, 7) is 1.93. The van der Waals surface area contributed by atoms with E-state index in [2.05, 4.69) is 0 Å². The lowest BCUT2D eigenvalue weighted by Crippen LogP contribution is -2.45. The van der Waals surface area contributed by atoms with E-state index in [0.29, 0.717) is 11.5 Å². The molecule has 1 aliphatic rings. The van der Waals surface area contributed by atoms with E-state index in [1.165, 1.54) is 0 Å². The summed E-state index contributed by atoms with van der Waals surface area (Å²) >= 11 is 0. The van der Waals surface area contributed by atoms with E-state index < -0.39 is 9.84 Å². The van der Waals surface area contributed by atoms with Gasteiger partial charge in [-0.15, -0.1) is 0 Å². The largest absolute Gasteiger partial charge is 0.493 e. The molecule has 5 nitrogen and oxygen atoms in total. The van der Waals surface area contributed by atoms with E-state index >= 15 is 0 Å². The van der Waals surface area contributed by atoms with Crippen molar-refractivity contribution in [3.63, 3.8) is 0 Å². The van der Waals surface area contributed by atoms with Crippen molar-refractivity contribution < 1.29 is 17.9 Å². The summed E-state index contributed by atoms with van der Waals surface area (Å²) in [5.41, 5.74) is 6.82. The molecule has 1 aromatic rings. The molecule has 0 spiro atoms. The third-order valence-corrected chi connectivity index (χ3v) is 4.72. The van der Waals surface area contributed by atoms with E-state index in [1.807, 2.05) is 25.1 Å². The molecule has 1 atom stereocenters. The molecule has 1 fully saturated rings. The Balaban J connectivity index is 2.12. The van der Waals surface area contributed by atoms with Gasteiger partial charge in [-0.05, 0) is 31.0 Å². The molecule has 2 N–H and O–H groups in total. The van der Waals surface area contributed by atoms with Gasteiger partial charge in [-0.1, -0.05) is 6.07 Å². The van der Waals surface area contributed by atoms with Crippen molar-refractivity contribution in [1.82, 2.24) is 0 Å². The second-order valence-electron chi connectivity index (χ2n) is 4.98. The summed E-state index contributed by atoms with van der Waals surface area (Å²) in [4.78, 5) is 0. The van der Waals surface area contributed by atoms with Gasteiger partial charge in [0.2, 0.25) is 0 Å². The summed E-state index contributed by atoms with van der Waals surface area (Å²) in [6.07, 6.45) is 0.466. The number of hydrogen-bond donors (Lipinski definition) is 1. The van der Waals surface area contributed by atoms with Gasteiger partial charge in [0, 0.05) is 6.04 Å². The molecule has 1 unspecified atom stereocenters. The molecule has 0 amide bonds. The second-order valence-corrected chi connectivity index (χ2v) is 7.14. The highest BCUT2D eigenvalue weighted by Crippen LogP contribution is 2.31. The van der Waals surface area contributed by atoms with Gasteiger partial charge < -0.3 is 15.2 Å². The Morgan fingerprint density at radius 3 is 2.58 bits per heavy atom.